The van der Waals surface area contributed by atoms with Gasteiger partial charge in [0.2, 0.25) is 0 Å². The highest BCUT2D eigenvalue weighted by atomic mass is 16.8. The molecule has 10 aliphatic rings. The molecule has 10 saturated heterocycles. The topological polar surface area (TPSA) is 620 Å². The first-order valence-corrected chi connectivity index (χ1v) is 29.2. The van der Waals surface area contributed by atoms with E-state index in [2.05, 4.69) is 0 Å². The van der Waals surface area contributed by atoms with Crippen molar-refractivity contribution in [3.63, 3.8) is 0 Å². The van der Waals surface area contributed by atoms with Crippen molar-refractivity contribution in [3.05, 3.63) is 0 Å². The molecule has 41 nitrogen and oxygen atoms in total. The van der Waals surface area contributed by atoms with Crippen LogP contribution in [0.5, 0.6) is 0 Å². The van der Waals surface area contributed by atoms with Crippen LogP contribution in [0.15, 0.2) is 0 Å². The van der Waals surface area contributed by atoms with Crippen LogP contribution in [0.1, 0.15) is 0 Å². The van der Waals surface area contributed by atoms with Gasteiger partial charge in [-0.1, -0.05) is 0 Å². The van der Waals surface area contributed by atoms with E-state index in [1.807, 2.05) is 0 Å². The molecule has 0 bridgehead atoms. The lowest BCUT2D eigenvalue weighted by atomic mass is 10.0. The second kappa shape index (κ2) is 31.1. The molecule has 0 spiro atoms. The van der Waals surface area contributed by atoms with Crippen molar-refractivity contribution < 1.29 is 202 Å². The molecular weight excluding hydrogens is 1260 g/mol. The summed E-state index contributed by atoms with van der Waals surface area (Å²) in [6.07, 6.45) is -66.8. The van der Waals surface area contributed by atoms with Crippen LogP contribution in [0, 0.1) is 0 Å². The summed E-state index contributed by atoms with van der Waals surface area (Å²) < 4.78 is 105. The molecule has 10 rings (SSSR count). The number of rotatable bonds is 18. The van der Waals surface area contributed by atoms with Gasteiger partial charge in [-0.25, -0.2) is 0 Å². The monoisotopic (exact) mass is 1340 g/mol. The Morgan fingerprint density at radius 3 is 0.484 bits per heavy atom. The summed E-state index contributed by atoms with van der Waals surface area (Å²) in [6, 6.07) is 0. The Bertz CT molecular complexity index is 2090. The molecule has 0 amide bonds. The largest absolute Gasteiger partial charge is 0.388 e. The molecule has 10 heterocycles. The standard InChI is InChI=1S/C50H82O41/c51-11-1-74-42(32(63)21(11)52)84-13-3-76-44(34(65)23(13)54)86-15-5-78-46(36(67)25(15)56)88-17-7-80-48(38(69)27(17)58)90-19-9-82-50(40(71)29(19)60)91-20-10-81-49(39(70)30(20)61)89-18-8-79-47(37(68)28(18)59)87-16-6-77-45(35(66)26(16)57)85-14-4-75-43(33(64)24(14)55)83-12-2-73-41(72)31(62)22(12)53/h11-72H,1-10H2/t11-,12-,13-,14-,15-,16-,17-,18-,19-,20-,21+,22+,23+,24+,25+,26+,27+,28+,29+,30+,31-,32-,33-,34-,35-,36-,37-,38-,39-,40-,41?,42+,43+,44+,45+,46+,47+,48+,49+,50+/m1/s1. The van der Waals surface area contributed by atoms with Crippen LogP contribution < -0.4 is 0 Å². The number of ether oxygens (including phenoxy) is 19. The average molecular weight is 1340 g/mol. The van der Waals surface area contributed by atoms with E-state index in [9.17, 15) is 112 Å². The summed E-state index contributed by atoms with van der Waals surface area (Å²) in [5.74, 6) is 0. The van der Waals surface area contributed by atoms with Gasteiger partial charge in [-0.2, -0.15) is 0 Å². The van der Waals surface area contributed by atoms with E-state index >= 15 is 0 Å². The summed E-state index contributed by atoms with van der Waals surface area (Å²) in [4.78, 5) is 0. The fraction of sp³-hybridized carbons (Fsp3) is 1.00. The Morgan fingerprint density at radius 2 is 0.297 bits per heavy atom. The van der Waals surface area contributed by atoms with Crippen molar-refractivity contribution in [1.82, 2.24) is 0 Å². The van der Waals surface area contributed by atoms with Crippen LogP contribution in [0.2, 0.25) is 0 Å². The fourth-order valence-corrected chi connectivity index (χ4v) is 11.4. The molecule has 0 aromatic carbocycles. The highest BCUT2D eigenvalue weighted by Crippen LogP contribution is 2.35. The van der Waals surface area contributed by atoms with Gasteiger partial charge in [0.25, 0.3) is 0 Å². The molecule has 10 fully saturated rings. The van der Waals surface area contributed by atoms with E-state index in [-0.39, 0.29) is 0 Å². The van der Waals surface area contributed by atoms with Crippen LogP contribution in [-0.2, 0) is 90.0 Å². The molecule has 0 aromatic heterocycles. The predicted molar refractivity (Wildman–Crippen MR) is 270 cm³/mol. The minimum Gasteiger partial charge on any atom is -0.388 e. The lowest BCUT2D eigenvalue weighted by Gasteiger charge is -2.46. The normalized spacial score (nSPS) is 54.7. The van der Waals surface area contributed by atoms with Gasteiger partial charge in [0.05, 0.1) is 66.1 Å². The van der Waals surface area contributed by atoms with E-state index < -0.39 is 312 Å². The van der Waals surface area contributed by atoms with Gasteiger partial charge >= 0.3 is 0 Å². The second-order valence-corrected chi connectivity index (χ2v) is 23.5. The molecule has 0 aromatic rings. The summed E-state index contributed by atoms with van der Waals surface area (Å²) in [7, 11) is 0. The van der Waals surface area contributed by atoms with Gasteiger partial charge in [-0.05, 0) is 0 Å². The number of hydrogen-bond donors (Lipinski definition) is 22. The van der Waals surface area contributed by atoms with E-state index in [1.165, 1.54) is 0 Å². The van der Waals surface area contributed by atoms with Crippen LogP contribution in [-0.4, -0.2) is 424 Å². The Hall–Kier alpha value is -1.64. The lowest BCUT2D eigenvalue weighted by Crippen LogP contribution is -2.63. The van der Waals surface area contributed by atoms with Crippen LogP contribution in [0.3, 0.4) is 0 Å². The van der Waals surface area contributed by atoms with Gasteiger partial charge in [0.15, 0.2) is 62.9 Å². The van der Waals surface area contributed by atoms with Crippen LogP contribution in [0.25, 0.3) is 0 Å². The van der Waals surface area contributed by atoms with Gasteiger partial charge < -0.3 is 202 Å². The second-order valence-electron chi connectivity index (χ2n) is 23.5. The van der Waals surface area contributed by atoms with Gasteiger partial charge in [-0.3, -0.25) is 0 Å². The molecule has 528 valence electrons. The highest BCUT2D eigenvalue weighted by molar-refractivity contribution is 4.96. The molecule has 91 heavy (non-hydrogen) atoms. The first-order valence-electron chi connectivity index (χ1n) is 29.2. The van der Waals surface area contributed by atoms with Crippen molar-refractivity contribution in [1.29, 1.82) is 0 Å². The first-order chi connectivity index (χ1) is 43.2. The van der Waals surface area contributed by atoms with E-state index in [1.54, 1.807) is 0 Å². The van der Waals surface area contributed by atoms with Crippen LogP contribution >= 0.6 is 0 Å². The Labute approximate surface area is 513 Å². The van der Waals surface area contributed by atoms with E-state index in [4.69, 9.17) is 90.0 Å². The third-order valence-electron chi connectivity index (χ3n) is 17.2. The first kappa shape index (κ1) is 72.1. The lowest BCUT2D eigenvalue weighted by molar-refractivity contribution is -0.370. The molecule has 10 aliphatic heterocycles. The van der Waals surface area contributed by atoms with Crippen molar-refractivity contribution in [2.45, 2.75) is 246 Å². The molecular formula is C50H82O41. The molecule has 22 N–H and O–H groups in total. The molecule has 0 radical (unpaired) electrons. The molecule has 40 atom stereocenters. The number of hydrogen-bond acceptors (Lipinski definition) is 41. The van der Waals surface area contributed by atoms with Crippen molar-refractivity contribution in [2.24, 2.45) is 0 Å². The fourth-order valence-electron chi connectivity index (χ4n) is 11.4. The smallest absolute Gasteiger partial charge is 0.186 e. The maximum absolute atomic E-state index is 11.1. The van der Waals surface area contributed by atoms with E-state index in [0.29, 0.717) is 0 Å². The zero-order valence-corrected chi connectivity index (χ0v) is 47.8. The third-order valence-corrected chi connectivity index (χ3v) is 17.2. The van der Waals surface area contributed by atoms with Gasteiger partial charge in [-0.15, -0.1) is 0 Å². The molecule has 41 heteroatoms. The predicted octanol–water partition coefficient (Wildman–Crippen LogP) is -16.4. The van der Waals surface area contributed by atoms with Crippen molar-refractivity contribution in [3.8, 4) is 0 Å². The van der Waals surface area contributed by atoms with Gasteiger partial charge in [0.1, 0.15) is 183 Å². The Kier molecular flexibility index (Phi) is 24.6. The minimum atomic E-state index is -1.94. The maximum Gasteiger partial charge on any atom is 0.186 e. The number of aliphatic hydroxyl groups is 22. The Balaban J connectivity index is 0.611. The van der Waals surface area contributed by atoms with Crippen molar-refractivity contribution >= 4 is 0 Å². The zero-order valence-electron chi connectivity index (χ0n) is 47.8. The SMILES string of the molecule is OC1OC[C@@H](O[C@@H]2OC[C@@H](O[C@@H]3OC[C@@H](O[C@@H]4OC[C@@H](O[C@@H]5OC[C@@H](O[C@@H]6OC[C@@H](O[C@@H]7OC[C@@H](O[C@@H]8OC[C@@H](O[C@@H]9OC[C@@H](O[C@@H]%10OC[C@@H](O)[C@H](O)[C@H]%10O)[C@H](O)[C@H]9O)[C@H](O)[C@H]8O)[C@H](O)[C@H]7O)[C@H](O)[C@H]6O)[C@H](O)[C@H]5O)[C@H](O)[C@H]4O)[C@H](O)[C@H]3O)[C@H](O)[C@H]2O)[C@H](O)[C@H]1O. The summed E-state index contributed by atoms with van der Waals surface area (Å²) in [5.41, 5.74) is 0. The molecule has 1 unspecified atom stereocenters. The Morgan fingerprint density at radius 1 is 0.154 bits per heavy atom. The minimum absolute atomic E-state index is 0.397. The molecule has 0 aliphatic carbocycles. The average Bonchev–Trinajstić information content (AvgIpc) is 0.897. The van der Waals surface area contributed by atoms with Gasteiger partial charge in [0, 0.05) is 0 Å². The third kappa shape index (κ3) is 15.8. The van der Waals surface area contributed by atoms with Crippen LogP contribution in [0.4, 0.5) is 0 Å². The van der Waals surface area contributed by atoms with E-state index in [0.717, 1.165) is 0 Å². The maximum atomic E-state index is 11.1. The summed E-state index contributed by atoms with van der Waals surface area (Å²) in [6.45, 7) is -5.01. The number of aliphatic hydroxyl groups excluding tert-OH is 22. The summed E-state index contributed by atoms with van der Waals surface area (Å²) >= 11 is 0. The van der Waals surface area contributed by atoms with Crippen molar-refractivity contribution in [2.75, 3.05) is 66.1 Å². The highest BCUT2D eigenvalue weighted by Gasteiger charge is 2.55. The molecule has 0 saturated carbocycles. The zero-order chi connectivity index (χ0) is 65.6. The summed E-state index contributed by atoms with van der Waals surface area (Å²) in [5, 5.41) is 234. The quantitative estimate of drug-likeness (QED) is 0.0606.